The SMILES string of the molecule is CCCc1c(OC)ccc2nc3c(c(CC)c12)Cn1c-3cc2c(c1=O)COC(=O)[C@]2(O)CC. The normalized spacial score (nSPS) is 18.6. The molecule has 7 nitrogen and oxygen atoms in total. The molecule has 7 heteroatoms. The van der Waals surface area contributed by atoms with Gasteiger partial charge in [0.15, 0.2) is 5.60 Å². The summed E-state index contributed by atoms with van der Waals surface area (Å²) in [5.74, 6) is 0.143. The molecule has 1 aromatic carbocycles. The molecule has 2 aliphatic rings. The standard InChI is InChI=1S/C26H28N2O5/c1-5-8-15-21(32-4)10-9-19-22(15)14(6-2)16-12-28-20(23(16)27-19)11-18-17(24(28)29)13-33-25(30)26(18,31)7-3/h9-11,31H,5-8,12-13H2,1-4H3/t26-/m0/s1. The first-order valence-corrected chi connectivity index (χ1v) is 11.6. The second-order valence-electron chi connectivity index (χ2n) is 8.76. The molecule has 1 N–H and O–H groups in total. The number of benzene rings is 1. The first-order valence-electron chi connectivity index (χ1n) is 11.6. The van der Waals surface area contributed by atoms with Crippen molar-refractivity contribution >= 4 is 16.9 Å². The first kappa shape index (κ1) is 21.6. The molecule has 172 valence electrons. The minimum atomic E-state index is -1.82. The number of rotatable bonds is 5. The van der Waals surface area contributed by atoms with Crippen LogP contribution in [-0.2, 0) is 41.1 Å². The minimum absolute atomic E-state index is 0.125. The second-order valence-corrected chi connectivity index (χ2v) is 8.76. The van der Waals surface area contributed by atoms with E-state index in [0.29, 0.717) is 23.4 Å². The van der Waals surface area contributed by atoms with Gasteiger partial charge in [-0.15, -0.1) is 0 Å². The van der Waals surface area contributed by atoms with E-state index < -0.39 is 11.6 Å². The average molecular weight is 449 g/mol. The highest BCUT2D eigenvalue weighted by Crippen LogP contribution is 2.42. The number of aryl methyl sites for hydroxylation is 2. The molecule has 33 heavy (non-hydrogen) atoms. The minimum Gasteiger partial charge on any atom is -0.496 e. The number of pyridine rings is 2. The van der Waals surface area contributed by atoms with Crippen LogP contribution in [0.4, 0.5) is 0 Å². The van der Waals surface area contributed by atoms with Gasteiger partial charge in [-0.2, -0.15) is 0 Å². The van der Waals surface area contributed by atoms with Crippen LogP contribution in [0.15, 0.2) is 23.0 Å². The van der Waals surface area contributed by atoms with Crippen LogP contribution < -0.4 is 10.3 Å². The molecule has 5 rings (SSSR count). The Bertz CT molecular complexity index is 1370. The zero-order valence-corrected chi connectivity index (χ0v) is 19.4. The van der Waals surface area contributed by atoms with Crippen LogP contribution in [0.3, 0.4) is 0 Å². The maximum absolute atomic E-state index is 13.5. The van der Waals surface area contributed by atoms with E-state index in [2.05, 4.69) is 13.8 Å². The van der Waals surface area contributed by atoms with Gasteiger partial charge in [0.25, 0.3) is 5.56 Å². The average Bonchev–Trinajstić information content (AvgIpc) is 3.19. The number of nitrogens with zero attached hydrogens (tertiary/aromatic N) is 2. The summed E-state index contributed by atoms with van der Waals surface area (Å²) in [6.07, 6.45) is 2.76. The lowest BCUT2D eigenvalue weighted by molar-refractivity contribution is -0.172. The van der Waals surface area contributed by atoms with Gasteiger partial charge in [-0.1, -0.05) is 27.2 Å². The fourth-order valence-electron chi connectivity index (χ4n) is 5.40. The van der Waals surface area contributed by atoms with Crippen molar-refractivity contribution in [2.45, 2.75) is 65.2 Å². The molecule has 0 aliphatic carbocycles. The zero-order chi connectivity index (χ0) is 23.5. The van der Waals surface area contributed by atoms with E-state index >= 15 is 0 Å². The van der Waals surface area contributed by atoms with Crippen LogP contribution in [-0.4, -0.2) is 27.7 Å². The number of fused-ring (bicyclic) bond motifs is 5. The lowest BCUT2D eigenvalue weighted by Crippen LogP contribution is -2.44. The summed E-state index contributed by atoms with van der Waals surface area (Å²) < 4.78 is 12.5. The van der Waals surface area contributed by atoms with Gasteiger partial charge in [-0.05, 0) is 43.0 Å². The molecule has 1 atom stereocenters. The summed E-state index contributed by atoms with van der Waals surface area (Å²) >= 11 is 0. The molecule has 0 saturated heterocycles. The van der Waals surface area contributed by atoms with Crippen LogP contribution in [0.2, 0.25) is 0 Å². The lowest BCUT2D eigenvalue weighted by atomic mass is 9.86. The van der Waals surface area contributed by atoms with Gasteiger partial charge in [-0.3, -0.25) is 4.79 Å². The van der Waals surface area contributed by atoms with Crippen molar-refractivity contribution in [3.8, 4) is 17.1 Å². The third-order valence-corrected chi connectivity index (χ3v) is 7.11. The lowest BCUT2D eigenvalue weighted by Gasteiger charge is -2.31. The van der Waals surface area contributed by atoms with Crippen molar-refractivity contribution in [1.29, 1.82) is 0 Å². The summed E-state index contributed by atoms with van der Waals surface area (Å²) in [6, 6.07) is 5.68. The first-order chi connectivity index (χ1) is 15.9. The molecule has 0 amide bonds. The Morgan fingerprint density at radius 2 is 1.97 bits per heavy atom. The van der Waals surface area contributed by atoms with Gasteiger partial charge in [0.2, 0.25) is 0 Å². The number of carbonyl (C=O) groups excluding carboxylic acids is 1. The third-order valence-electron chi connectivity index (χ3n) is 7.11. The third kappa shape index (κ3) is 2.88. The van der Waals surface area contributed by atoms with Gasteiger partial charge < -0.3 is 19.1 Å². The Labute approximate surface area is 192 Å². The zero-order valence-electron chi connectivity index (χ0n) is 19.4. The Kier molecular flexibility index (Phi) is 5.05. The highest BCUT2D eigenvalue weighted by Gasteiger charge is 2.45. The Balaban J connectivity index is 1.82. The number of hydrogen-bond acceptors (Lipinski definition) is 6. The number of aliphatic hydroxyl groups is 1. The van der Waals surface area contributed by atoms with Crippen LogP contribution >= 0.6 is 0 Å². The molecule has 0 fully saturated rings. The molecule has 0 bridgehead atoms. The molecule has 3 aromatic rings. The Morgan fingerprint density at radius 3 is 2.64 bits per heavy atom. The van der Waals surface area contributed by atoms with E-state index in [1.54, 1.807) is 24.7 Å². The number of ether oxygens (including phenoxy) is 2. The number of esters is 1. The molecule has 0 saturated carbocycles. The molecule has 2 aromatic heterocycles. The molecule has 0 radical (unpaired) electrons. The predicted molar refractivity (Wildman–Crippen MR) is 124 cm³/mol. The van der Waals surface area contributed by atoms with Crippen LogP contribution in [0.5, 0.6) is 5.75 Å². The quantitative estimate of drug-likeness (QED) is 0.469. The maximum Gasteiger partial charge on any atom is 0.343 e. The monoisotopic (exact) mass is 448 g/mol. The number of aromatic nitrogens is 2. The topological polar surface area (TPSA) is 90.7 Å². The van der Waals surface area contributed by atoms with Crippen molar-refractivity contribution < 1.29 is 19.4 Å². The summed E-state index contributed by atoms with van der Waals surface area (Å²) in [5.41, 5.74) is 4.18. The van der Waals surface area contributed by atoms with E-state index in [-0.39, 0.29) is 18.6 Å². The number of hydrogen-bond donors (Lipinski definition) is 1. The summed E-state index contributed by atoms with van der Waals surface area (Å²) in [4.78, 5) is 30.8. The molecule has 2 aliphatic heterocycles. The summed E-state index contributed by atoms with van der Waals surface area (Å²) in [5, 5.41) is 12.2. The van der Waals surface area contributed by atoms with Crippen LogP contribution in [0.25, 0.3) is 22.3 Å². The van der Waals surface area contributed by atoms with E-state index in [0.717, 1.165) is 58.3 Å². The van der Waals surface area contributed by atoms with Crippen molar-refractivity contribution in [3.63, 3.8) is 0 Å². The summed E-state index contributed by atoms with van der Waals surface area (Å²) in [7, 11) is 1.69. The van der Waals surface area contributed by atoms with Gasteiger partial charge in [0.1, 0.15) is 12.4 Å². The number of carbonyl (C=O) groups is 1. The number of cyclic esters (lactones) is 1. The van der Waals surface area contributed by atoms with Gasteiger partial charge in [0, 0.05) is 22.1 Å². The highest BCUT2D eigenvalue weighted by atomic mass is 16.6. The molecule has 0 spiro atoms. The second kappa shape index (κ2) is 7.70. The van der Waals surface area contributed by atoms with Crippen molar-refractivity contribution in [1.82, 2.24) is 9.55 Å². The highest BCUT2D eigenvalue weighted by molar-refractivity contribution is 5.92. The molecular weight excluding hydrogens is 420 g/mol. The van der Waals surface area contributed by atoms with E-state index in [1.165, 1.54) is 0 Å². The fourth-order valence-corrected chi connectivity index (χ4v) is 5.40. The van der Waals surface area contributed by atoms with E-state index in [1.807, 2.05) is 12.1 Å². The molecule has 0 unspecified atom stereocenters. The molecule has 4 heterocycles. The van der Waals surface area contributed by atoms with Crippen molar-refractivity contribution in [2.24, 2.45) is 0 Å². The van der Waals surface area contributed by atoms with Crippen LogP contribution in [0.1, 0.15) is 61.4 Å². The van der Waals surface area contributed by atoms with Gasteiger partial charge >= 0.3 is 5.97 Å². The maximum atomic E-state index is 13.5. The Morgan fingerprint density at radius 1 is 1.18 bits per heavy atom. The largest absolute Gasteiger partial charge is 0.496 e. The van der Waals surface area contributed by atoms with Crippen molar-refractivity contribution in [3.05, 3.63) is 56.4 Å². The predicted octanol–water partition coefficient (Wildman–Crippen LogP) is 3.60. The van der Waals surface area contributed by atoms with E-state index in [4.69, 9.17) is 14.5 Å². The van der Waals surface area contributed by atoms with Crippen LogP contribution in [0, 0.1) is 0 Å². The fraction of sp³-hybridized carbons (Fsp3) is 0.423. The van der Waals surface area contributed by atoms with Gasteiger partial charge in [-0.25, -0.2) is 9.78 Å². The Hall–Kier alpha value is -3.19. The van der Waals surface area contributed by atoms with Crippen molar-refractivity contribution in [2.75, 3.05) is 7.11 Å². The summed E-state index contributed by atoms with van der Waals surface area (Å²) in [6.45, 7) is 6.25. The van der Waals surface area contributed by atoms with Gasteiger partial charge in [0.05, 0.1) is 36.1 Å². The number of methoxy groups -OCH3 is 1. The smallest absolute Gasteiger partial charge is 0.343 e. The molecular formula is C26H28N2O5. The van der Waals surface area contributed by atoms with E-state index in [9.17, 15) is 14.7 Å².